The fourth-order valence-corrected chi connectivity index (χ4v) is 2.32. The molecule has 0 saturated carbocycles. The van der Waals surface area contributed by atoms with Crippen LogP contribution in [0.4, 0.5) is 5.69 Å². The largest absolute Gasteiger partial charge is 0.387 e. The zero-order valence-corrected chi connectivity index (χ0v) is 11.0. The van der Waals surface area contributed by atoms with Gasteiger partial charge in [0.2, 0.25) is 0 Å². The monoisotopic (exact) mass is 234 g/mol. The van der Waals surface area contributed by atoms with Gasteiger partial charge in [0.05, 0.1) is 23.7 Å². The van der Waals surface area contributed by atoms with Gasteiger partial charge in [0.15, 0.2) is 0 Å². The zero-order chi connectivity index (χ0) is 12.5. The maximum atomic E-state index is 9.69. The van der Waals surface area contributed by atoms with Crippen LogP contribution in [0.25, 0.3) is 0 Å². The first kappa shape index (κ1) is 12.4. The van der Waals surface area contributed by atoms with Crippen LogP contribution in [-0.2, 0) is 0 Å². The second-order valence-electron chi connectivity index (χ2n) is 5.70. The molecule has 1 aliphatic heterocycles. The van der Waals surface area contributed by atoms with Gasteiger partial charge in [-0.2, -0.15) is 0 Å². The van der Waals surface area contributed by atoms with Crippen LogP contribution in [0.3, 0.4) is 0 Å². The predicted molar refractivity (Wildman–Crippen MR) is 70.1 cm³/mol. The molecule has 0 aliphatic carbocycles. The number of aliphatic hydroxyl groups excluding tert-OH is 1. The average molecular weight is 234 g/mol. The van der Waals surface area contributed by atoms with Gasteiger partial charge in [-0.05, 0) is 30.4 Å². The van der Waals surface area contributed by atoms with E-state index in [1.54, 1.807) is 0 Å². The van der Waals surface area contributed by atoms with Crippen molar-refractivity contribution in [1.29, 1.82) is 0 Å². The van der Waals surface area contributed by atoms with Crippen LogP contribution < -0.4 is 4.90 Å². The van der Waals surface area contributed by atoms with Gasteiger partial charge in [0, 0.05) is 13.1 Å². The summed E-state index contributed by atoms with van der Waals surface area (Å²) in [5.74, 6) is 0. The molecule has 0 unspecified atom stereocenters. The van der Waals surface area contributed by atoms with Crippen LogP contribution in [0.5, 0.6) is 0 Å². The van der Waals surface area contributed by atoms with E-state index in [2.05, 4.69) is 29.8 Å². The molecular weight excluding hydrogens is 212 g/mol. The summed E-state index contributed by atoms with van der Waals surface area (Å²) in [6.45, 7) is 8.75. The molecule has 3 heteroatoms. The molecule has 0 aromatic carbocycles. The van der Waals surface area contributed by atoms with Gasteiger partial charge in [-0.3, -0.25) is 4.98 Å². The van der Waals surface area contributed by atoms with Gasteiger partial charge in [0.25, 0.3) is 0 Å². The van der Waals surface area contributed by atoms with Crippen molar-refractivity contribution in [3.05, 3.63) is 24.0 Å². The smallest absolute Gasteiger partial charge is 0.0957 e. The van der Waals surface area contributed by atoms with E-state index < -0.39 is 6.10 Å². The number of rotatable bonds is 3. The fraction of sp³-hybridized carbons (Fsp3) is 0.643. The third-order valence-corrected chi connectivity index (χ3v) is 3.54. The second kappa shape index (κ2) is 4.65. The molecule has 17 heavy (non-hydrogen) atoms. The van der Waals surface area contributed by atoms with E-state index in [4.69, 9.17) is 0 Å². The van der Waals surface area contributed by atoms with Crippen LogP contribution in [0.15, 0.2) is 18.3 Å². The van der Waals surface area contributed by atoms with Crippen molar-refractivity contribution in [3.8, 4) is 0 Å². The van der Waals surface area contributed by atoms with Gasteiger partial charge in [-0.1, -0.05) is 20.8 Å². The Morgan fingerprint density at radius 2 is 2.24 bits per heavy atom. The quantitative estimate of drug-likeness (QED) is 0.873. The highest BCUT2D eigenvalue weighted by molar-refractivity contribution is 5.46. The number of aromatic nitrogens is 1. The Labute approximate surface area is 103 Å². The molecule has 1 fully saturated rings. The fourth-order valence-electron chi connectivity index (χ4n) is 2.32. The first-order valence-electron chi connectivity index (χ1n) is 6.41. The lowest BCUT2D eigenvalue weighted by Crippen LogP contribution is -2.22. The highest BCUT2D eigenvalue weighted by Gasteiger charge is 2.29. The highest BCUT2D eigenvalue weighted by Crippen LogP contribution is 2.32. The Bertz CT molecular complexity index is 372. The molecule has 2 rings (SSSR count). The van der Waals surface area contributed by atoms with Crippen LogP contribution in [0.1, 0.15) is 45.4 Å². The maximum absolute atomic E-state index is 9.69. The Morgan fingerprint density at radius 3 is 2.71 bits per heavy atom. The predicted octanol–water partition coefficient (Wildman–Crippen LogP) is 2.76. The van der Waals surface area contributed by atoms with E-state index in [0.717, 1.165) is 18.8 Å². The van der Waals surface area contributed by atoms with E-state index in [9.17, 15) is 5.11 Å². The number of anilines is 1. The SMILES string of the molecule is CC[C@@H](O)c1ccc(N2CCC(C)(C)C2)cn1. The molecule has 1 aromatic rings. The van der Waals surface area contributed by atoms with E-state index in [1.165, 1.54) is 12.1 Å². The van der Waals surface area contributed by atoms with Crippen molar-refractivity contribution in [2.24, 2.45) is 5.41 Å². The standard InChI is InChI=1S/C14H22N2O/c1-4-13(17)12-6-5-11(9-15-12)16-8-7-14(2,3)10-16/h5-6,9,13,17H,4,7-8,10H2,1-3H3/t13-/m1/s1. The molecule has 94 valence electrons. The van der Waals surface area contributed by atoms with Gasteiger partial charge in [0.1, 0.15) is 0 Å². The molecule has 1 saturated heterocycles. The number of aliphatic hydroxyl groups is 1. The Kier molecular flexibility index (Phi) is 3.38. The van der Waals surface area contributed by atoms with Crippen LogP contribution >= 0.6 is 0 Å². The number of hydrogen-bond acceptors (Lipinski definition) is 3. The molecule has 0 amide bonds. The van der Waals surface area contributed by atoms with Gasteiger partial charge in [-0.25, -0.2) is 0 Å². The Balaban J connectivity index is 2.09. The van der Waals surface area contributed by atoms with Crippen molar-refractivity contribution in [1.82, 2.24) is 4.98 Å². The van der Waals surface area contributed by atoms with Crippen molar-refractivity contribution in [3.63, 3.8) is 0 Å². The van der Waals surface area contributed by atoms with Gasteiger partial charge >= 0.3 is 0 Å². The minimum Gasteiger partial charge on any atom is -0.387 e. The molecule has 3 nitrogen and oxygen atoms in total. The third kappa shape index (κ3) is 2.78. The Morgan fingerprint density at radius 1 is 1.47 bits per heavy atom. The van der Waals surface area contributed by atoms with Crippen LogP contribution in [0.2, 0.25) is 0 Å². The summed E-state index contributed by atoms with van der Waals surface area (Å²) in [4.78, 5) is 6.72. The molecule has 0 radical (unpaired) electrons. The summed E-state index contributed by atoms with van der Waals surface area (Å²) in [6.07, 6.45) is 3.39. The number of hydrogen-bond donors (Lipinski definition) is 1. The first-order chi connectivity index (χ1) is 8.02. The molecule has 1 aromatic heterocycles. The summed E-state index contributed by atoms with van der Waals surface area (Å²) < 4.78 is 0. The van der Waals surface area contributed by atoms with Crippen molar-refractivity contribution < 1.29 is 5.11 Å². The average Bonchev–Trinajstić information content (AvgIpc) is 2.69. The van der Waals surface area contributed by atoms with E-state index >= 15 is 0 Å². The molecule has 1 N–H and O–H groups in total. The van der Waals surface area contributed by atoms with Crippen molar-refractivity contribution in [2.75, 3.05) is 18.0 Å². The van der Waals surface area contributed by atoms with Crippen molar-refractivity contribution >= 4 is 5.69 Å². The first-order valence-corrected chi connectivity index (χ1v) is 6.41. The summed E-state index contributed by atoms with van der Waals surface area (Å²) in [6, 6.07) is 4.01. The van der Waals surface area contributed by atoms with E-state index in [-0.39, 0.29) is 0 Å². The van der Waals surface area contributed by atoms with E-state index in [1.807, 2.05) is 19.2 Å². The van der Waals surface area contributed by atoms with E-state index in [0.29, 0.717) is 11.8 Å². The second-order valence-corrected chi connectivity index (χ2v) is 5.70. The molecule has 1 aliphatic rings. The third-order valence-electron chi connectivity index (χ3n) is 3.54. The lowest BCUT2D eigenvalue weighted by atomic mass is 9.93. The molecule has 1 atom stereocenters. The molecule has 2 heterocycles. The lowest BCUT2D eigenvalue weighted by Gasteiger charge is -2.21. The van der Waals surface area contributed by atoms with Crippen LogP contribution in [0, 0.1) is 5.41 Å². The maximum Gasteiger partial charge on any atom is 0.0957 e. The Hall–Kier alpha value is -1.09. The highest BCUT2D eigenvalue weighted by atomic mass is 16.3. The van der Waals surface area contributed by atoms with Gasteiger partial charge in [-0.15, -0.1) is 0 Å². The van der Waals surface area contributed by atoms with Crippen molar-refractivity contribution in [2.45, 2.75) is 39.7 Å². The lowest BCUT2D eigenvalue weighted by molar-refractivity contribution is 0.169. The molecule has 0 bridgehead atoms. The zero-order valence-electron chi connectivity index (χ0n) is 11.0. The van der Waals surface area contributed by atoms with Crippen LogP contribution in [-0.4, -0.2) is 23.2 Å². The normalized spacial score (nSPS) is 20.6. The van der Waals surface area contributed by atoms with Gasteiger partial charge < -0.3 is 10.0 Å². The topological polar surface area (TPSA) is 36.4 Å². The summed E-state index contributed by atoms with van der Waals surface area (Å²) >= 11 is 0. The number of pyridine rings is 1. The minimum atomic E-state index is -0.431. The summed E-state index contributed by atoms with van der Waals surface area (Å²) in [5, 5.41) is 9.69. The number of nitrogens with zero attached hydrogens (tertiary/aromatic N) is 2. The molecular formula is C14H22N2O. The summed E-state index contributed by atoms with van der Waals surface area (Å²) in [5.41, 5.74) is 2.35. The molecule has 0 spiro atoms. The minimum absolute atomic E-state index is 0.404. The summed E-state index contributed by atoms with van der Waals surface area (Å²) in [7, 11) is 0.